The number of esters is 8. The number of nitrogens with zero attached hydrogens (tertiary/aromatic N) is 6. The van der Waals surface area contributed by atoms with Crippen molar-refractivity contribution in [3.8, 4) is 0 Å². The Labute approximate surface area is 896 Å². The first-order valence-electron chi connectivity index (χ1n) is 61.9. The van der Waals surface area contributed by atoms with Crippen molar-refractivity contribution in [2.24, 2.45) is 0 Å². The van der Waals surface area contributed by atoms with Gasteiger partial charge in [0.05, 0.1) is 105 Å². The summed E-state index contributed by atoms with van der Waals surface area (Å²) >= 11 is 0. The zero-order valence-corrected chi connectivity index (χ0v) is 96.8. The predicted octanol–water partition coefficient (Wildman–Crippen LogP) is 31.4. The van der Waals surface area contributed by atoms with Gasteiger partial charge in [0.2, 0.25) is 0 Å². The Kier molecular flexibility index (Phi) is 119. The molecule has 22 heteroatoms. The maximum Gasteiger partial charge on any atom is 0.307 e. The van der Waals surface area contributed by atoms with Crippen LogP contribution in [0.15, 0.2) is 0 Å². The van der Waals surface area contributed by atoms with Crippen LogP contribution in [0.1, 0.15) is 576 Å². The number of methoxy groups -OCH3 is 1. The minimum atomic E-state index is -0.271. The number of rotatable bonds is 116. The summed E-state index contributed by atoms with van der Waals surface area (Å²) in [7, 11) is 5.54. The smallest absolute Gasteiger partial charge is 0.307 e. The van der Waals surface area contributed by atoms with Gasteiger partial charge in [-0.05, 0) is 59.0 Å². The van der Waals surface area contributed by atoms with Crippen LogP contribution in [0.2, 0.25) is 0 Å². The van der Waals surface area contributed by atoms with Crippen LogP contribution in [0.25, 0.3) is 0 Å². The molecule has 0 rings (SSSR count). The molecule has 0 bridgehead atoms. The van der Waals surface area contributed by atoms with Crippen LogP contribution >= 0.6 is 0 Å². The van der Waals surface area contributed by atoms with Crippen LogP contribution in [0.5, 0.6) is 0 Å². The van der Waals surface area contributed by atoms with Crippen molar-refractivity contribution in [3.63, 3.8) is 0 Å². The first-order valence-corrected chi connectivity index (χ1v) is 61.9. The number of unbranched alkanes of at least 4 members (excludes halogenated alkanes) is 66. The van der Waals surface area contributed by atoms with Crippen LogP contribution in [-0.4, -0.2) is 249 Å². The van der Waals surface area contributed by atoms with Crippen molar-refractivity contribution in [1.29, 1.82) is 0 Å². The molecule has 860 valence electrons. The molecule has 145 heavy (non-hydrogen) atoms. The van der Waals surface area contributed by atoms with Gasteiger partial charge >= 0.3 is 47.8 Å². The van der Waals surface area contributed by atoms with Crippen LogP contribution in [-0.2, 0) is 76.3 Å². The molecule has 0 spiro atoms. The van der Waals surface area contributed by atoms with Crippen molar-refractivity contribution in [3.05, 3.63) is 0 Å². The van der Waals surface area contributed by atoms with Gasteiger partial charge in [0.1, 0.15) is 0 Å². The first kappa shape index (κ1) is 145. The van der Waals surface area contributed by atoms with Gasteiger partial charge in [-0.15, -0.1) is 0 Å². The van der Waals surface area contributed by atoms with Gasteiger partial charge in [0.15, 0.2) is 0 Å². The van der Waals surface area contributed by atoms with Gasteiger partial charge in [-0.1, -0.05) is 480 Å². The number of hydrogen-bond donors (Lipinski definition) is 0. The van der Waals surface area contributed by atoms with Crippen LogP contribution < -0.4 is 0 Å². The van der Waals surface area contributed by atoms with Crippen molar-refractivity contribution < 1.29 is 76.3 Å². The molecule has 0 atom stereocenters. The highest BCUT2D eigenvalue weighted by molar-refractivity contribution is 5.72. The molecule has 0 radical (unpaired) electrons. The molecular formula is C123H242N6O16. The third-order valence-electron chi connectivity index (χ3n) is 28.6. The van der Waals surface area contributed by atoms with E-state index in [1.165, 1.54) is 386 Å². The molecule has 0 amide bonds. The summed E-state index contributed by atoms with van der Waals surface area (Å²) in [5, 5.41) is 0. The van der Waals surface area contributed by atoms with Gasteiger partial charge in [-0.25, -0.2) is 0 Å². The van der Waals surface area contributed by atoms with E-state index < -0.39 is 0 Å². The van der Waals surface area contributed by atoms with E-state index in [1.807, 2.05) is 0 Å². The molecule has 0 N–H and O–H groups in total. The zero-order chi connectivity index (χ0) is 105. The van der Waals surface area contributed by atoms with Crippen molar-refractivity contribution >= 4 is 47.8 Å². The molecule has 0 heterocycles. The lowest BCUT2D eigenvalue weighted by Crippen LogP contribution is -2.40. The lowest BCUT2D eigenvalue weighted by atomic mass is 10.1. The van der Waals surface area contributed by atoms with Crippen molar-refractivity contribution in [2.45, 2.75) is 576 Å². The van der Waals surface area contributed by atoms with E-state index >= 15 is 0 Å². The average molecular weight is 2060 g/mol. The maximum absolute atomic E-state index is 12.9. The standard InChI is InChI=1S/C65H127N3O8.C57H111N3O8.CH4/c1-6-10-14-18-22-26-30-34-38-42-58-73-62(69)46-50-67(51-47-63(70)74-59-43-39-35-31-27-23-19-15-11-7-2)56-54-66(5)55-57-68(52-48-64(71)75-60-44-40-36-32-28-24-20-16-12-8-3)53-49-65(72)76-61-45-41-37-33-29-25-21-17-13-9-4;1-6-9-12-15-18-21-24-27-30-33-36-51-66-55(62)40-44-59(43-39-54(61)65-5)49-47-58(4)48-50-60(45-41-56(63)67-52-37-34-31-28-25-22-19-16-13-10-7-2)46-42-57(64)68-53-38-35-32-29-26-23-20-17-14-11-8-3;/h6-61H2,1-5H3;6-53H2,1-5H3;1H4. The second-order valence-corrected chi connectivity index (χ2v) is 42.4. The van der Waals surface area contributed by atoms with Crippen LogP contribution in [0, 0.1) is 0 Å². The van der Waals surface area contributed by atoms with Crippen LogP contribution in [0.3, 0.4) is 0 Å². The highest BCUT2D eigenvalue weighted by atomic mass is 16.6. The van der Waals surface area contributed by atoms with E-state index in [0.717, 1.165) is 116 Å². The Hall–Kier alpha value is -4.48. The summed E-state index contributed by atoms with van der Waals surface area (Å²) in [6.45, 7) is 28.8. The number of ether oxygens (including phenoxy) is 8. The lowest BCUT2D eigenvalue weighted by molar-refractivity contribution is -0.146. The second kappa shape index (κ2) is 120. The molecular weight excluding hydrogens is 1820 g/mol. The third kappa shape index (κ3) is 115. The summed E-state index contributed by atoms with van der Waals surface area (Å²) in [6.07, 6.45) is 93.1. The number of carbonyl (C=O) groups excluding carboxylic acids is 8. The predicted molar refractivity (Wildman–Crippen MR) is 610 cm³/mol. The Bertz CT molecular complexity index is 2520. The first-order chi connectivity index (χ1) is 70.5. The number of likely N-dealkylation sites (N-methyl/N-ethyl adjacent to an activating group) is 2. The maximum atomic E-state index is 12.9. The Morgan fingerprint density at radius 3 is 0.359 bits per heavy atom. The molecule has 0 aromatic carbocycles. The van der Waals surface area contributed by atoms with Gasteiger partial charge < -0.3 is 67.3 Å². The molecule has 0 aromatic rings. The summed E-state index contributed by atoms with van der Waals surface area (Å²) < 4.78 is 44.4. The fourth-order valence-corrected chi connectivity index (χ4v) is 18.4. The van der Waals surface area contributed by atoms with Gasteiger partial charge in [0, 0.05) is 105 Å². The van der Waals surface area contributed by atoms with Crippen LogP contribution in [0.4, 0.5) is 0 Å². The van der Waals surface area contributed by atoms with Crippen molar-refractivity contribution in [1.82, 2.24) is 29.4 Å². The molecule has 22 nitrogen and oxygen atoms in total. The van der Waals surface area contributed by atoms with E-state index in [4.69, 9.17) is 37.9 Å². The molecule has 0 saturated carbocycles. The quantitative estimate of drug-likeness (QED) is 0.0313. The topological polar surface area (TPSA) is 230 Å². The molecule has 0 aliphatic carbocycles. The van der Waals surface area contributed by atoms with Crippen molar-refractivity contribution in [2.75, 3.05) is 172 Å². The lowest BCUT2D eigenvalue weighted by Gasteiger charge is -2.27. The highest BCUT2D eigenvalue weighted by Gasteiger charge is 2.21. The fourth-order valence-electron chi connectivity index (χ4n) is 18.4. The monoisotopic (exact) mass is 2060 g/mol. The second-order valence-electron chi connectivity index (χ2n) is 42.4. The molecule has 0 unspecified atom stereocenters. The zero-order valence-electron chi connectivity index (χ0n) is 96.8. The Balaban J connectivity index is -0.00000278. The SMILES string of the molecule is C.CCCCCCCCCCCCCOC(=O)CCN(CCC(=O)OC)CCN(C)CCN(CCC(=O)OCCCCCCCCCCCCC)CCC(=O)OCCCCCCCCCCCCC.CCCCCCCCCCCCOC(=O)CCN(CCC(=O)OCCCCCCCCCCCC)CCN(C)CCN(CCC(=O)OCCCCCCCCCCCC)CCC(=O)OCCCCCCCCCCCC. The van der Waals surface area contributed by atoms with E-state index in [0.29, 0.717) is 125 Å². The van der Waals surface area contributed by atoms with E-state index in [2.05, 4.69) is 92.0 Å². The molecule has 0 fully saturated rings. The number of hydrogen-bond acceptors (Lipinski definition) is 22. The Morgan fingerprint density at radius 2 is 0.248 bits per heavy atom. The van der Waals surface area contributed by atoms with E-state index in [1.54, 1.807) is 0 Å². The minimum absolute atomic E-state index is 0. The van der Waals surface area contributed by atoms with E-state index in [-0.39, 0.29) is 107 Å². The summed E-state index contributed by atoms with van der Waals surface area (Å²) in [6, 6.07) is 0. The van der Waals surface area contributed by atoms with Gasteiger partial charge in [-0.2, -0.15) is 0 Å². The van der Waals surface area contributed by atoms with Gasteiger partial charge in [0.25, 0.3) is 0 Å². The molecule has 0 saturated heterocycles. The minimum Gasteiger partial charge on any atom is -0.469 e. The average Bonchev–Trinajstić information content (AvgIpc) is 0.946. The summed E-state index contributed by atoms with van der Waals surface area (Å²) in [5.74, 6) is -1.57. The molecule has 0 aliphatic heterocycles. The highest BCUT2D eigenvalue weighted by Crippen LogP contribution is 2.21. The largest absolute Gasteiger partial charge is 0.469 e. The summed E-state index contributed by atoms with van der Waals surface area (Å²) in [5.41, 5.74) is 0. The third-order valence-corrected chi connectivity index (χ3v) is 28.6. The van der Waals surface area contributed by atoms with Gasteiger partial charge in [-0.3, -0.25) is 38.4 Å². The fraction of sp³-hybridized carbons (Fsp3) is 0.935. The summed E-state index contributed by atoms with van der Waals surface area (Å²) in [4.78, 5) is 115. The molecule has 0 aliphatic rings. The normalized spacial score (nSPS) is 11.5. The number of carbonyl (C=O) groups is 8. The Morgan fingerprint density at radius 1 is 0.145 bits per heavy atom. The van der Waals surface area contributed by atoms with E-state index in [9.17, 15) is 38.4 Å². The molecule has 0 aromatic heterocycles.